The van der Waals surface area contributed by atoms with E-state index in [-0.39, 0.29) is 86.0 Å². The van der Waals surface area contributed by atoms with Gasteiger partial charge in [0.1, 0.15) is 17.4 Å². The molecule has 1 atom stereocenters. The number of aromatic nitrogens is 4. The predicted molar refractivity (Wildman–Crippen MR) is 561 cm³/mol. The number of amides is 8. The van der Waals surface area contributed by atoms with E-state index < -0.39 is 27.7 Å². The number of carboxylic acid groups (broad SMARTS) is 1. The molecule has 0 spiro atoms. The van der Waals surface area contributed by atoms with Crippen LogP contribution in [0.1, 0.15) is 217 Å². The van der Waals surface area contributed by atoms with Crippen LogP contribution in [0.4, 0.5) is 31.5 Å². The summed E-state index contributed by atoms with van der Waals surface area (Å²) in [7, 11) is -3.84. The van der Waals surface area contributed by atoms with E-state index in [0.29, 0.717) is 123 Å². The number of carboxylic acids is 1. The quantitative estimate of drug-likeness (QED) is 0.0168. The van der Waals surface area contributed by atoms with Crippen LogP contribution < -0.4 is 26.6 Å². The number of H-pyrrole nitrogens is 4. The predicted octanol–water partition coefficient (Wildman–Crippen LogP) is 15.6. The Kier molecular flexibility index (Phi) is 35.9. The van der Waals surface area contributed by atoms with Crippen molar-refractivity contribution in [1.82, 2.24) is 59.6 Å². The SMILES string of the molecule is CC(=O)C[C@H](O)C(=O)O.CCN(CC)CCN1CCCCc2[nH]c(/C=C3\C(=O)Nc4ccc(Br)cc43)c(C)c2C1=O.CCN(CC)CCN1CCCc2[nH]c(/C=C3\C(=O)Nc4ccc(F)cc43)c(C)c2C1=O.CCNCCN1CCCc2[nH]c(/C=C3\C(=O)Nc4ccc(F)cc43)c(C)c2C1=O.Cc1c(/C=C2\C(=O)Nc3ccc(S(=O)(=O)Cc4c(Cl)cccc4Cl)cc32)[nH]c2c1C(=O)N(CCN1CCOCC1)CCC2. The van der Waals surface area contributed by atoms with Crippen LogP contribution >= 0.6 is 39.1 Å². The van der Waals surface area contributed by atoms with Gasteiger partial charge in [-0.2, -0.15) is 0 Å². The number of sulfone groups is 1. The molecule has 9 aromatic rings. The number of aliphatic carboxylic acids is 1. The third-order valence-electron chi connectivity index (χ3n) is 27.6. The number of nitrogens with zero attached hydrogens (tertiary/aromatic N) is 7. The second-order valence-electron chi connectivity index (χ2n) is 36.9. The Morgan fingerprint density at radius 3 is 1.23 bits per heavy atom. The summed E-state index contributed by atoms with van der Waals surface area (Å²) in [6.45, 7) is 36.5. The minimum absolute atomic E-state index is 0.0120. The number of Topliss-reactive ketones (excluding diaryl/α,β-unsaturated/α-hetero) is 1. The Balaban J connectivity index is 0.000000149. The fourth-order valence-electron chi connectivity index (χ4n) is 19.4. The molecule has 9 aliphatic heterocycles. The molecule has 0 aliphatic carbocycles. The molecule has 0 bridgehead atoms. The largest absolute Gasteiger partial charge is 0.479 e. The molecule has 9 aliphatic rings. The van der Waals surface area contributed by atoms with Gasteiger partial charge in [0, 0.05) is 209 Å². The number of fused-ring (bicyclic) bond motifs is 8. The standard InChI is InChI=1S/C31H32Cl2N4O5S.C25H31BrN4O2.C24H29FN4O2.C22H25FN4O2.C5H8O4/c1-19-28(34-27-6-3-9-37(31(39)29(19)27)11-10-36-12-14-42-15-13-36)17-22-21-16-20(7-8-26(21)35-30(22)38)43(40,41)18-23-24(32)4-2-5-25(23)33;1-4-29(5-2)12-13-30-11-7-6-8-21-23(25(30)32)16(3)22(27-21)15-19-18-14-17(26)9-10-20(18)28-24(19)31;1-4-28(5-2)11-12-29-10-6-7-20-22(24(29)31)15(3)21(26-20)14-18-17-13-16(25)8-9-19(17)27-23(18)30;1-3-24-8-10-27-9-4-5-18-20(22(27)29)13(2)19(25-18)12-16-15-11-14(23)6-7-17(15)26-21(16)28;1-3(6)2-4(7)5(8)9/h2,4-5,7-8,16-17,34H,3,6,9-15,18H2,1H3,(H,35,38);9-10,14-15,27H,4-8,11-13H2,1-3H3,(H,28,31);8-9,13-14,26H,4-7,10-12H2,1-3H3,(H,27,30);6-7,11-12,24-25H,3-5,8-10H2,1-2H3,(H,26,28);4,7H,2H2,1H3,(H,8,9)/b22-17-;19-15-;18-14-;16-12-;/t;;;;4-/m....0/s1. The summed E-state index contributed by atoms with van der Waals surface area (Å²) >= 11 is 16.0. The fraction of sp³-hybridized carbons (Fsp3) is 0.402. The number of hydrogen-bond donors (Lipinski definition) is 11. The zero-order valence-electron chi connectivity index (χ0n) is 82.8. The Labute approximate surface area is 855 Å². The molecule has 11 N–H and O–H groups in total. The van der Waals surface area contributed by atoms with Gasteiger partial charge in [0.25, 0.3) is 47.3 Å². The number of anilines is 4. The van der Waals surface area contributed by atoms with Gasteiger partial charge in [0.2, 0.25) is 0 Å². The van der Waals surface area contributed by atoms with Crippen LogP contribution in [0.15, 0.2) is 100 Å². The smallest absolute Gasteiger partial charge is 0.332 e. The molecular weight excluding hydrogens is 1970 g/mol. The lowest BCUT2D eigenvalue weighted by molar-refractivity contribution is -0.148. The van der Waals surface area contributed by atoms with Crippen LogP contribution in [0.25, 0.3) is 46.6 Å². The van der Waals surface area contributed by atoms with E-state index in [1.54, 1.807) is 54.6 Å². The van der Waals surface area contributed by atoms with E-state index >= 15 is 0 Å². The summed E-state index contributed by atoms with van der Waals surface area (Å²) in [5.74, 6) is -3.69. The second-order valence-corrected chi connectivity index (χ2v) is 40.6. The number of aryl methyl sites for hydroxylation is 4. The number of hydrogen-bond acceptors (Lipinski definition) is 18. The average Bonchev–Trinajstić information content (AvgIpc) is 1.64. The average molecular weight is 2100 g/mol. The Morgan fingerprint density at radius 2 is 0.847 bits per heavy atom. The highest BCUT2D eigenvalue weighted by molar-refractivity contribution is 9.10. The van der Waals surface area contributed by atoms with Crippen molar-refractivity contribution in [1.29, 1.82) is 0 Å². The molecule has 31 nitrogen and oxygen atoms in total. The number of benzene rings is 5. The minimum atomic E-state index is -3.84. The summed E-state index contributed by atoms with van der Waals surface area (Å²) in [5.41, 5.74) is 19.8. The van der Waals surface area contributed by atoms with Gasteiger partial charge >= 0.3 is 5.97 Å². The zero-order valence-corrected chi connectivity index (χ0v) is 86.7. The monoisotopic (exact) mass is 2090 g/mol. The molecule has 1 fully saturated rings. The molecule has 764 valence electrons. The maximum atomic E-state index is 13.8. The maximum absolute atomic E-state index is 13.8. The molecule has 0 saturated carbocycles. The number of likely N-dealkylation sites (N-methyl/N-ethyl adjacent to an activating group) is 3. The second kappa shape index (κ2) is 48.2. The molecule has 37 heteroatoms. The number of aromatic amines is 4. The van der Waals surface area contributed by atoms with Crippen LogP contribution in [0.3, 0.4) is 0 Å². The first-order valence-corrected chi connectivity index (χ1v) is 52.4. The normalized spacial score (nSPS) is 17.4. The topological polar surface area (TPSA) is 401 Å². The van der Waals surface area contributed by atoms with Gasteiger partial charge in [-0.1, -0.05) is 79.8 Å². The van der Waals surface area contributed by atoms with Crippen molar-refractivity contribution in [3.63, 3.8) is 0 Å². The lowest BCUT2D eigenvalue weighted by Crippen LogP contribution is -2.43. The van der Waals surface area contributed by atoms with Crippen molar-refractivity contribution < 1.29 is 80.1 Å². The summed E-state index contributed by atoms with van der Waals surface area (Å²) < 4.78 is 60.6. The van der Waals surface area contributed by atoms with E-state index in [0.717, 1.165) is 239 Å². The van der Waals surface area contributed by atoms with Gasteiger partial charge in [-0.25, -0.2) is 22.0 Å². The number of nitrogens with one attached hydrogen (secondary N) is 9. The van der Waals surface area contributed by atoms with Gasteiger partial charge < -0.3 is 90.9 Å². The third-order valence-corrected chi connectivity index (χ3v) is 30.5. The number of carbonyl (C=O) groups excluding carboxylic acids is 9. The molecule has 144 heavy (non-hydrogen) atoms. The van der Waals surface area contributed by atoms with Gasteiger partial charge in [0.15, 0.2) is 15.9 Å². The highest BCUT2D eigenvalue weighted by Gasteiger charge is 2.38. The lowest BCUT2D eigenvalue weighted by Gasteiger charge is -2.29. The number of aliphatic hydroxyl groups is 1. The van der Waals surface area contributed by atoms with Crippen molar-refractivity contribution in [2.45, 2.75) is 150 Å². The molecule has 0 unspecified atom stereocenters. The van der Waals surface area contributed by atoms with Crippen molar-refractivity contribution >= 4 is 177 Å². The van der Waals surface area contributed by atoms with E-state index in [9.17, 15) is 65.1 Å². The number of rotatable bonds is 27. The Morgan fingerprint density at radius 1 is 0.486 bits per heavy atom. The number of carbonyl (C=O) groups is 10. The van der Waals surface area contributed by atoms with Crippen molar-refractivity contribution in [3.8, 4) is 0 Å². The van der Waals surface area contributed by atoms with E-state index in [4.69, 9.17) is 38.2 Å². The first-order valence-electron chi connectivity index (χ1n) is 49.2. The number of ketones is 1. The summed E-state index contributed by atoms with van der Waals surface area (Å²) in [4.78, 5) is 153. The summed E-state index contributed by atoms with van der Waals surface area (Å²) in [6.07, 6.45) is 13.0. The molecule has 1 saturated heterocycles. The highest BCUT2D eigenvalue weighted by Crippen LogP contribution is 2.43. The zero-order chi connectivity index (χ0) is 103. The van der Waals surface area contributed by atoms with Crippen LogP contribution in [-0.4, -0.2) is 276 Å². The fourth-order valence-corrected chi connectivity index (χ4v) is 21.9. The highest BCUT2D eigenvalue weighted by atomic mass is 79.9. The summed E-state index contributed by atoms with van der Waals surface area (Å²) in [5, 5.41) is 31.6. The maximum Gasteiger partial charge on any atom is 0.332 e. The first-order chi connectivity index (χ1) is 69.0. The van der Waals surface area contributed by atoms with Gasteiger partial charge in [-0.05, 0) is 257 Å². The van der Waals surface area contributed by atoms with Gasteiger partial charge in [0.05, 0.1) is 68.4 Å². The third kappa shape index (κ3) is 24.9. The molecule has 0 radical (unpaired) electrons. The van der Waals surface area contributed by atoms with Crippen molar-refractivity contribution in [2.75, 3.05) is 159 Å². The van der Waals surface area contributed by atoms with E-state index in [1.165, 1.54) is 43.3 Å². The van der Waals surface area contributed by atoms with Crippen molar-refractivity contribution in [3.05, 3.63) is 235 Å². The number of ether oxygens (including phenoxy) is 1. The molecular formula is C107H125BrCl2F2N16O15S. The van der Waals surface area contributed by atoms with Gasteiger partial charge in [-0.3, -0.25) is 48.1 Å². The Bertz CT molecular complexity index is 6680. The van der Waals surface area contributed by atoms with Crippen LogP contribution in [0.2, 0.25) is 10.0 Å². The van der Waals surface area contributed by atoms with Crippen LogP contribution in [0.5, 0.6) is 0 Å². The Hall–Kier alpha value is -12.3. The number of aliphatic hydroxyl groups excluding tert-OH is 1. The van der Waals surface area contributed by atoms with Crippen molar-refractivity contribution in [2.24, 2.45) is 0 Å². The van der Waals surface area contributed by atoms with Gasteiger partial charge in [-0.15, -0.1) is 0 Å². The molecule has 8 amide bonds. The lowest BCUT2D eigenvalue weighted by atomic mass is 10.0. The molecule has 4 aromatic heterocycles. The first kappa shape index (κ1) is 107. The van der Waals surface area contributed by atoms with Crippen LogP contribution in [-0.2, 0) is 74.8 Å². The molecule has 18 rings (SSSR count). The number of morpholine rings is 1. The summed E-state index contributed by atoms with van der Waals surface area (Å²) in [6, 6.07) is 23.7. The van der Waals surface area contributed by atoms with E-state index in [2.05, 4.69) is 105 Å². The minimum Gasteiger partial charge on any atom is -0.479 e. The van der Waals surface area contributed by atoms with Crippen LogP contribution in [0, 0.1) is 39.3 Å². The molecule has 13 heterocycles. The van der Waals surface area contributed by atoms with E-state index in [1.807, 2.05) is 78.5 Å². The molecule has 5 aromatic carbocycles. The number of halogens is 5.